The number of halogens is 1. The summed E-state index contributed by atoms with van der Waals surface area (Å²) < 4.78 is 17.7. The second-order valence-electron chi connectivity index (χ2n) is 4.49. The molecule has 4 nitrogen and oxygen atoms in total. The van der Waals surface area contributed by atoms with Crippen molar-refractivity contribution in [2.75, 3.05) is 11.9 Å². The minimum absolute atomic E-state index is 0.0630. The van der Waals surface area contributed by atoms with Gasteiger partial charge in [0.25, 0.3) is 5.91 Å². The first-order valence-corrected chi connectivity index (χ1v) is 5.78. The highest BCUT2D eigenvalue weighted by atomic mass is 19.1. The molecule has 1 aromatic rings. The van der Waals surface area contributed by atoms with Crippen molar-refractivity contribution in [3.8, 4) is 0 Å². The van der Waals surface area contributed by atoms with Crippen LogP contribution in [-0.2, 0) is 14.3 Å². The van der Waals surface area contributed by atoms with Gasteiger partial charge in [-0.15, -0.1) is 0 Å². The molecule has 1 aliphatic carbocycles. The molecular weight excluding hydrogens is 237 g/mol. The zero-order valence-electron chi connectivity index (χ0n) is 9.98. The molecule has 0 bridgehead atoms. The highest BCUT2D eigenvalue weighted by Gasteiger charge is 2.40. The third kappa shape index (κ3) is 3.29. The highest BCUT2D eigenvalue weighted by Crippen LogP contribution is 2.38. The van der Waals surface area contributed by atoms with Crippen LogP contribution in [0.2, 0.25) is 0 Å². The van der Waals surface area contributed by atoms with Crippen LogP contribution in [0.4, 0.5) is 10.1 Å². The number of carbonyl (C=O) groups is 2. The highest BCUT2D eigenvalue weighted by molar-refractivity contribution is 5.93. The summed E-state index contributed by atoms with van der Waals surface area (Å²) in [6, 6.07) is 5.53. The molecule has 1 fully saturated rings. The Hall–Kier alpha value is -1.91. The monoisotopic (exact) mass is 251 g/mol. The molecule has 0 aliphatic heterocycles. The maximum Gasteiger partial charge on any atom is 0.309 e. The van der Waals surface area contributed by atoms with Gasteiger partial charge in [0, 0.05) is 5.69 Å². The topological polar surface area (TPSA) is 55.4 Å². The van der Waals surface area contributed by atoms with E-state index in [1.165, 1.54) is 18.2 Å². The van der Waals surface area contributed by atoms with Crippen molar-refractivity contribution in [1.29, 1.82) is 0 Å². The third-order valence-electron chi connectivity index (χ3n) is 2.87. The van der Waals surface area contributed by atoms with Gasteiger partial charge in [0.1, 0.15) is 5.82 Å². The van der Waals surface area contributed by atoms with Crippen LogP contribution in [0.15, 0.2) is 24.3 Å². The number of hydrogen-bond acceptors (Lipinski definition) is 3. The fourth-order valence-electron chi connectivity index (χ4n) is 1.66. The first kappa shape index (κ1) is 12.5. The third-order valence-corrected chi connectivity index (χ3v) is 2.87. The first-order valence-electron chi connectivity index (χ1n) is 5.78. The summed E-state index contributed by atoms with van der Waals surface area (Å²) in [5, 5.41) is 2.45. The number of nitrogens with one attached hydrogen (secondary N) is 1. The van der Waals surface area contributed by atoms with Crippen LogP contribution in [0.5, 0.6) is 0 Å². The maximum atomic E-state index is 12.9. The maximum absolute atomic E-state index is 12.9. The summed E-state index contributed by atoms with van der Waals surface area (Å²) in [7, 11) is 0. The predicted molar refractivity (Wildman–Crippen MR) is 63.3 cm³/mol. The van der Waals surface area contributed by atoms with Crippen molar-refractivity contribution in [1.82, 2.24) is 0 Å². The van der Waals surface area contributed by atoms with Gasteiger partial charge in [-0.25, -0.2) is 4.39 Å². The average molecular weight is 251 g/mol. The molecule has 0 spiro atoms. The molecule has 2 atom stereocenters. The molecular formula is C13H14FNO3. The van der Waals surface area contributed by atoms with Gasteiger partial charge in [0.05, 0.1) is 5.92 Å². The van der Waals surface area contributed by atoms with Crippen LogP contribution in [0, 0.1) is 17.7 Å². The minimum atomic E-state index is -0.470. The van der Waals surface area contributed by atoms with Crippen LogP contribution >= 0.6 is 0 Å². The molecule has 0 heterocycles. The second kappa shape index (κ2) is 5.16. The van der Waals surface area contributed by atoms with Crippen molar-refractivity contribution < 1.29 is 18.7 Å². The van der Waals surface area contributed by atoms with Gasteiger partial charge in [-0.1, -0.05) is 13.0 Å². The molecule has 1 N–H and O–H groups in total. The SMILES string of the molecule is C[C@@H]1C[C@H]1C(=O)OCC(=O)Nc1cccc(F)c1. The fraction of sp³-hybridized carbons (Fsp3) is 0.385. The number of benzene rings is 1. The van der Waals surface area contributed by atoms with E-state index in [1.807, 2.05) is 6.92 Å². The lowest BCUT2D eigenvalue weighted by Crippen LogP contribution is -2.21. The van der Waals surface area contributed by atoms with Gasteiger partial charge in [-0.05, 0) is 30.5 Å². The van der Waals surface area contributed by atoms with E-state index < -0.39 is 11.7 Å². The van der Waals surface area contributed by atoms with E-state index in [-0.39, 0.29) is 18.5 Å². The summed E-state index contributed by atoms with van der Waals surface area (Å²) in [6.07, 6.45) is 0.824. The molecule has 96 valence electrons. The van der Waals surface area contributed by atoms with Crippen molar-refractivity contribution in [3.63, 3.8) is 0 Å². The molecule has 0 radical (unpaired) electrons. The molecule has 1 saturated carbocycles. The number of esters is 1. The number of hydrogen-bond donors (Lipinski definition) is 1. The summed E-state index contributed by atoms with van der Waals surface area (Å²) in [6.45, 7) is 1.62. The molecule has 1 aromatic carbocycles. The van der Waals surface area contributed by atoms with Gasteiger partial charge in [0.2, 0.25) is 0 Å². The Morgan fingerprint density at radius 2 is 2.22 bits per heavy atom. The first-order chi connectivity index (χ1) is 8.56. The van der Waals surface area contributed by atoms with Gasteiger partial charge < -0.3 is 10.1 Å². The lowest BCUT2D eigenvalue weighted by Gasteiger charge is -2.06. The summed E-state index contributed by atoms with van der Waals surface area (Å²) in [5.41, 5.74) is 0.343. The Morgan fingerprint density at radius 3 is 2.83 bits per heavy atom. The van der Waals surface area contributed by atoms with Crippen LogP contribution in [-0.4, -0.2) is 18.5 Å². The second-order valence-corrected chi connectivity index (χ2v) is 4.49. The Kier molecular flexibility index (Phi) is 3.60. The van der Waals surface area contributed by atoms with Crippen molar-refractivity contribution in [3.05, 3.63) is 30.1 Å². The summed E-state index contributed by atoms with van der Waals surface area (Å²) in [4.78, 5) is 22.8. The van der Waals surface area contributed by atoms with Crippen LogP contribution in [0.25, 0.3) is 0 Å². The van der Waals surface area contributed by atoms with E-state index in [2.05, 4.69) is 5.32 Å². The summed E-state index contributed by atoms with van der Waals surface area (Å²) in [5.74, 6) is -0.952. The lowest BCUT2D eigenvalue weighted by molar-refractivity contribution is -0.148. The number of carbonyl (C=O) groups excluding carboxylic acids is 2. The van der Waals surface area contributed by atoms with E-state index in [0.29, 0.717) is 11.6 Å². The van der Waals surface area contributed by atoms with Crippen LogP contribution in [0.3, 0.4) is 0 Å². The standard InChI is InChI=1S/C13H14FNO3/c1-8-5-11(8)13(17)18-7-12(16)15-10-4-2-3-9(14)6-10/h2-4,6,8,11H,5,7H2,1H3,(H,15,16)/t8-,11-/m1/s1. The zero-order valence-corrected chi connectivity index (χ0v) is 9.98. The molecule has 1 amide bonds. The van der Waals surface area contributed by atoms with Crippen molar-refractivity contribution in [2.24, 2.45) is 11.8 Å². The van der Waals surface area contributed by atoms with Crippen LogP contribution in [0.1, 0.15) is 13.3 Å². The van der Waals surface area contributed by atoms with Gasteiger partial charge in [-0.3, -0.25) is 9.59 Å². The molecule has 0 saturated heterocycles. The van der Waals surface area contributed by atoms with Gasteiger partial charge in [-0.2, -0.15) is 0 Å². The number of ether oxygens (including phenoxy) is 1. The number of rotatable bonds is 4. The van der Waals surface area contributed by atoms with E-state index in [0.717, 1.165) is 6.42 Å². The predicted octanol–water partition coefficient (Wildman–Crippen LogP) is 1.96. The number of amides is 1. The Morgan fingerprint density at radius 1 is 1.50 bits per heavy atom. The zero-order chi connectivity index (χ0) is 13.1. The molecule has 18 heavy (non-hydrogen) atoms. The quantitative estimate of drug-likeness (QED) is 0.832. The van der Waals surface area contributed by atoms with E-state index >= 15 is 0 Å². The van der Waals surface area contributed by atoms with Gasteiger partial charge in [0.15, 0.2) is 6.61 Å². The lowest BCUT2D eigenvalue weighted by atomic mass is 10.3. The summed E-state index contributed by atoms with van der Waals surface area (Å²) >= 11 is 0. The molecule has 0 unspecified atom stereocenters. The van der Waals surface area contributed by atoms with E-state index in [4.69, 9.17) is 4.74 Å². The minimum Gasteiger partial charge on any atom is -0.455 e. The Labute approximate surface area is 104 Å². The Bertz CT molecular complexity index is 475. The fourth-order valence-corrected chi connectivity index (χ4v) is 1.66. The smallest absolute Gasteiger partial charge is 0.309 e. The van der Waals surface area contributed by atoms with Crippen LogP contribution < -0.4 is 5.32 Å². The van der Waals surface area contributed by atoms with Crippen molar-refractivity contribution >= 4 is 17.6 Å². The Balaban J connectivity index is 1.77. The van der Waals surface area contributed by atoms with E-state index in [1.54, 1.807) is 6.07 Å². The van der Waals surface area contributed by atoms with Gasteiger partial charge >= 0.3 is 5.97 Å². The number of anilines is 1. The van der Waals surface area contributed by atoms with E-state index in [9.17, 15) is 14.0 Å². The molecule has 1 aliphatic rings. The average Bonchev–Trinajstić information content (AvgIpc) is 3.03. The molecule has 2 rings (SSSR count). The molecule has 5 heteroatoms. The molecule has 0 aromatic heterocycles. The normalized spacial score (nSPS) is 21.2. The largest absolute Gasteiger partial charge is 0.455 e. The van der Waals surface area contributed by atoms with Crippen molar-refractivity contribution in [2.45, 2.75) is 13.3 Å².